The van der Waals surface area contributed by atoms with E-state index in [9.17, 15) is 17.6 Å². The van der Waals surface area contributed by atoms with Crippen molar-refractivity contribution >= 4 is 21.6 Å². The number of hydrogen-bond donors (Lipinski definition) is 1. The molecular weight excluding hydrogens is 343 g/mol. The van der Waals surface area contributed by atoms with E-state index in [1.54, 1.807) is 42.5 Å². The quantitative estimate of drug-likeness (QED) is 0.909. The molecule has 0 aromatic heterocycles. The zero-order valence-electron chi connectivity index (χ0n) is 13.6. The molecule has 2 aromatic rings. The lowest BCUT2D eigenvalue weighted by Gasteiger charge is -2.31. The van der Waals surface area contributed by atoms with Crippen LogP contribution in [-0.4, -0.2) is 31.7 Å². The number of rotatable bonds is 4. The van der Waals surface area contributed by atoms with Crippen molar-refractivity contribution in [3.05, 3.63) is 60.4 Å². The van der Waals surface area contributed by atoms with Crippen LogP contribution in [0.15, 0.2) is 59.5 Å². The van der Waals surface area contributed by atoms with E-state index in [1.165, 1.54) is 16.4 Å². The molecule has 2 aromatic carbocycles. The lowest BCUT2D eigenvalue weighted by atomic mass is 9.98. The van der Waals surface area contributed by atoms with Crippen LogP contribution in [0.3, 0.4) is 0 Å². The minimum absolute atomic E-state index is 0.0948. The molecular formula is C18H19FN2O3S. The Bertz CT molecular complexity index is 856. The van der Waals surface area contributed by atoms with Crippen molar-refractivity contribution in [3.63, 3.8) is 0 Å². The highest BCUT2D eigenvalue weighted by atomic mass is 32.2. The zero-order valence-corrected chi connectivity index (χ0v) is 14.4. The van der Waals surface area contributed by atoms with E-state index in [0.29, 0.717) is 19.4 Å². The fourth-order valence-electron chi connectivity index (χ4n) is 2.91. The molecule has 5 nitrogen and oxygen atoms in total. The third-order valence-corrected chi connectivity index (χ3v) is 6.15. The van der Waals surface area contributed by atoms with Crippen LogP contribution in [-0.2, 0) is 14.8 Å². The van der Waals surface area contributed by atoms with Crippen molar-refractivity contribution in [1.82, 2.24) is 4.31 Å². The molecule has 1 saturated heterocycles. The zero-order chi connectivity index (χ0) is 17.9. The smallest absolute Gasteiger partial charge is 0.243 e. The highest BCUT2D eigenvalue weighted by Gasteiger charge is 2.33. The van der Waals surface area contributed by atoms with Gasteiger partial charge in [0, 0.05) is 13.1 Å². The normalized spacial score (nSPS) is 18.7. The van der Waals surface area contributed by atoms with Crippen molar-refractivity contribution < 1.29 is 17.6 Å². The molecule has 25 heavy (non-hydrogen) atoms. The minimum Gasteiger partial charge on any atom is -0.323 e. The second kappa shape index (κ2) is 7.33. The van der Waals surface area contributed by atoms with Gasteiger partial charge in [0.15, 0.2) is 0 Å². The molecule has 1 aliphatic heterocycles. The number of benzene rings is 2. The molecule has 0 unspecified atom stereocenters. The maximum absolute atomic E-state index is 13.7. The summed E-state index contributed by atoms with van der Waals surface area (Å²) < 4.78 is 40.4. The van der Waals surface area contributed by atoms with E-state index in [2.05, 4.69) is 5.32 Å². The van der Waals surface area contributed by atoms with E-state index >= 15 is 0 Å². The van der Waals surface area contributed by atoms with Crippen LogP contribution < -0.4 is 5.32 Å². The molecule has 1 heterocycles. The van der Waals surface area contributed by atoms with Crippen molar-refractivity contribution in [2.45, 2.75) is 17.7 Å². The lowest BCUT2D eigenvalue weighted by molar-refractivity contribution is -0.120. The van der Waals surface area contributed by atoms with Gasteiger partial charge in [-0.3, -0.25) is 4.79 Å². The van der Waals surface area contributed by atoms with Gasteiger partial charge >= 0.3 is 0 Å². The molecule has 0 aliphatic carbocycles. The second-order valence-electron chi connectivity index (χ2n) is 5.98. The molecule has 0 bridgehead atoms. The summed E-state index contributed by atoms with van der Waals surface area (Å²) in [6.07, 6.45) is 1.16. The van der Waals surface area contributed by atoms with Gasteiger partial charge in [-0.05, 0) is 37.1 Å². The Hall–Kier alpha value is -2.25. The fraction of sp³-hybridized carbons (Fsp3) is 0.278. The summed E-state index contributed by atoms with van der Waals surface area (Å²) in [4.78, 5) is 12.6. The first kappa shape index (κ1) is 17.6. The summed E-state index contributed by atoms with van der Waals surface area (Å²) in [7, 11) is -3.63. The van der Waals surface area contributed by atoms with E-state index in [4.69, 9.17) is 0 Å². The number of halogens is 1. The highest BCUT2D eigenvalue weighted by molar-refractivity contribution is 7.89. The number of piperidine rings is 1. The molecule has 1 atom stereocenters. The van der Waals surface area contributed by atoms with Crippen LogP contribution in [0.2, 0.25) is 0 Å². The third kappa shape index (κ3) is 3.88. The van der Waals surface area contributed by atoms with E-state index < -0.39 is 21.8 Å². The number of amides is 1. The molecule has 1 aliphatic rings. The maximum Gasteiger partial charge on any atom is 0.243 e. The Balaban J connectivity index is 1.73. The molecule has 0 spiro atoms. The van der Waals surface area contributed by atoms with Crippen molar-refractivity contribution in [2.24, 2.45) is 5.92 Å². The Morgan fingerprint density at radius 3 is 2.48 bits per heavy atom. The molecule has 3 rings (SSSR count). The summed E-state index contributed by atoms with van der Waals surface area (Å²) in [5, 5.41) is 2.56. The first-order valence-electron chi connectivity index (χ1n) is 8.09. The molecule has 1 amide bonds. The van der Waals surface area contributed by atoms with Gasteiger partial charge in [-0.25, -0.2) is 12.8 Å². The molecule has 132 valence electrons. The highest BCUT2D eigenvalue weighted by Crippen LogP contribution is 2.25. The molecule has 7 heteroatoms. The summed E-state index contributed by atoms with van der Waals surface area (Å²) in [5.41, 5.74) is 0.107. The number of anilines is 1. The number of nitrogens with zero attached hydrogens (tertiary/aromatic N) is 1. The van der Waals surface area contributed by atoms with Crippen LogP contribution in [0.1, 0.15) is 12.8 Å². The molecule has 0 radical (unpaired) electrons. The predicted octanol–water partition coefficient (Wildman–Crippen LogP) is 2.87. The number of carbonyl (C=O) groups is 1. The van der Waals surface area contributed by atoms with Crippen LogP contribution >= 0.6 is 0 Å². The predicted molar refractivity (Wildman–Crippen MR) is 93.0 cm³/mol. The van der Waals surface area contributed by atoms with E-state index in [0.717, 1.165) is 0 Å². The van der Waals surface area contributed by atoms with E-state index in [-0.39, 0.29) is 23.0 Å². The first-order chi connectivity index (χ1) is 12.0. The van der Waals surface area contributed by atoms with Gasteiger partial charge < -0.3 is 5.32 Å². The van der Waals surface area contributed by atoms with Gasteiger partial charge in [0.25, 0.3) is 0 Å². The summed E-state index contributed by atoms with van der Waals surface area (Å²) in [6, 6.07) is 14.1. The maximum atomic E-state index is 13.7. The molecule has 1 N–H and O–H groups in total. The standard InChI is InChI=1S/C18H19FN2O3S/c19-16-10-4-5-11-17(16)20-18(22)14-7-6-12-21(13-14)25(23,24)15-8-2-1-3-9-15/h1-5,8-11,14H,6-7,12-13H2,(H,20,22)/t14-/m1/s1. The SMILES string of the molecule is O=C(Nc1ccccc1F)[C@@H]1CCCN(S(=O)(=O)c2ccccc2)C1. The van der Waals surface area contributed by atoms with Crippen LogP contribution in [0, 0.1) is 11.7 Å². The van der Waals surface area contributed by atoms with Gasteiger partial charge in [0.1, 0.15) is 5.82 Å². The van der Waals surface area contributed by atoms with Gasteiger partial charge in [-0.1, -0.05) is 30.3 Å². The summed E-state index contributed by atoms with van der Waals surface area (Å²) in [6.45, 7) is 0.470. The average Bonchev–Trinajstić information content (AvgIpc) is 2.64. The monoisotopic (exact) mass is 362 g/mol. The van der Waals surface area contributed by atoms with E-state index in [1.807, 2.05) is 0 Å². The second-order valence-corrected chi connectivity index (χ2v) is 7.92. The average molecular weight is 362 g/mol. The Morgan fingerprint density at radius 2 is 1.76 bits per heavy atom. The molecule has 0 saturated carbocycles. The number of carbonyl (C=O) groups excluding carboxylic acids is 1. The lowest BCUT2D eigenvalue weighted by Crippen LogP contribution is -2.43. The fourth-order valence-corrected chi connectivity index (χ4v) is 4.46. The minimum atomic E-state index is -3.63. The largest absolute Gasteiger partial charge is 0.323 e. The summed E-state index contributed by atoms with van der Waals surface area (Å²) >= 11 is 0. The Morgan fingerprint density at radius 1 is 1.08 bits per heavy atom. The number of nitrogens with one attached hydrogen (secondary N) is 1. The van der Waals surface area contributed by atoms with Crippen molar-refractivity contribution in [3.8, 4) is 0 Å². The number of hydrogen-bond acceptors (Lipinski definition) is 3. The Kier molecular flexibility index (Phi) is 5.15. The van der Waals surface area contributed by atoms with Crippen molar-refractivity contribution in [2.75, 3.05) is 18.4 Å². The number of sulfonamides is 1. The number of para-hydroxylation sites is 1. The molecule has 1 fully saturated rings. The Labute approximate surface area is 146 Å². The van der Waals surface area contributed by atoms with Gasteiger partial charge in [-0.15, -0.1) is 0 Å². The topological polar surface area (TPSA) is 66.5 Å². The third-order valence-electron chi connectivity index (χ3n) is 4.27. The van der Waals surface area contributed by atoms with Gasteiger partial charge in [0.05, 0.1) is 16.5 Å². The van der Waals surface area contributed by atoms with Crippen molar-refractivity contribution in [1.29, 1.82) is 0 Å². The first-order valence-corrected chi connectivity index (χ1v) is 9.53. The van der Waals surface area contributed by atoms with Gasteiger partial charge in [0.2, 0.25) is 15.9 Å². The van der Waals surface area contributed by atoms with Crippen LogP contribution in [0.25, 0.3) is 0 Å². The van der Waals surface area contributed by atoms with Gasteiger partial charge in [-0.2, -0.15) is 4.31 Å². The van der Waals surface area contributed by atoms with Crippen LogP contribution in [0.5, 0.6) is 0 Å². The van der Waals surface area contributed by atoms with Crippen LogP contribution in [0.4, 0.5) is 10.1 Å². The summed E-state index contributed by atoms with van der Waals surface area (Å²) in [5.74, 6) is -1.38.